The molecule has 1 saturated carbocycles. The molecule has 1 aliphatic rings. The first-order valence-electron chi connectivity index (χ1n) is 7.05. The molecule has 108 valence electrons. The van der Waals surface area contributed by atoms with E-state index in [9.17, 15) is 4.79 Å². The smallest absolute Gasteiger partial charge is 0.410 e. The van der Waals surface area contributed by atoms with E-state index in [1.54, 1.807) is 4.90 Å². The fraction of sp³-hybridized carbons (Fsp3) is 0.471. The predicted octanol–water partition coefficient (Wildman–Crippen LogP) is 4.10. The number of carbonyl (C=O) groups excluding carboxylic acids is 1. The van der Waals surface area contributed by atoms with Crippen molar-refractivity contribution in [1.29, 1.82) is 0 Å². The van der Waals surface area contributed by atoms with Crippen LogP contribution in [0.25, 0.3) is 6.08 Å². The summed E-state index contributed by atoms with van der Waals surface area (Å²) in [6.45, 7) is 5.67. The SMILES string of the molecule is CN(C(=O)OC(C)(C)C)C1CC(=Cc2ccccc2)C1. The second-order valence-electron chi connectivity index (χ2n) is 6.37. The van der Waals surface area contributed by atoms with E-state index in [2.05, 4.69) is 18.2 Å². The van der Waals surface area contributed by atoms with Gasteiger partial charge in [0.2, 0.25) is 0 Å². The third-order valence-electron chi connectivity index (χ3n) is 3.40. The molecule has 20 heavy (non-hydrogen) atoms. The average Bonchev–Trinajstić information content (AvgIpc) is 2.31. The average molecular weight is 273 g/mol. The van der Waals surface area contributed by atoms with Crippen molar-refractivity contribution in [2.45, 2.75) is 45.3 Å². The maximum absolute atomic E-state index is 11.9. The zero-order chi connectivity index (χ0) is 14.8. The second-order valence-corrected chi connectivity index (χ2v) is 6.37. The van der Waals surface area contributed by atoms with Crippen LogP contribution in [0.2, 0.25) is 0 Å². The number of carbonyl (C=O) groups is 1. The van der Waals surface area contributed by atoms with Gasteiger partial charge in [-0.1, -0.05) is 42.0 Å². The highest BCUT2D eigenvalue weighted by Gasteiger charge is 2.31. The van der Waals surface area contributed by atoms with Crippen molar-refractivity contribution in [2.75, 3.05) is 7.05 Å². The van der Waals surface area contributed by atoms with Gasteiger partial charge in [-0.3, -0.25) is 0 Å². The van der Waals surface area contributed by atoms with Crippen molar-refractivity contribution in [2.24, 2.45) is 0 Å². The Morgan fingerprint density at radius 1 is 1.25 bits per heavy atom. The largest absolute Gasteiger partial charge is 0.444 e. The predicted molar refractivity (Wildman–Crippen MR) is 81.4 cm³/mol. The Morgan fingerprint density at radius 2 is 1.85 bits per heavy atom. The van der Waals surface area contributed by atoms with Crippen LogP contribution in [0.3, 0.4) is 0 Å². The van der Waals surface area contributed by atoms with Crippen molar-refractivity contribution in [1.82, 2.24) is 4.90 Å². The lowest BCUT2D eigenvalue weighted by atomic mass is 9.84. The van der Waals surface area contributed by atoms with Crippen LogP contribution in [0, 0.1) is 0 Å². The Morgan fingerprint density at radius 3 is 2.40 bits per heavy atom. The summed E-state index contributed by atoms with van der Waals surface area (Å²) < 4.78 is 5.38. The van der Waals surface area contributed by atoms with E-state index >= 15 is 0 Å². The van der Waals surface area contributed by atoms with Gasteiger partial charge in [-0.15, -0.1) is 0 Å². The van der Waals surface area contributed by atoms with Gasteiger partial charge in [0.05, 0.1) is 0 Å². The van der Waals surface area contributed by atoms with E-state index in [1.165, 1.54) is 11.1 Å². The van der Waals surface area contributed by atoms with Crippen LogP contribution < -0.4 is 0 Å². The highest BCUT2D eigenvalue weighted by molar-refractivity contribution is 5.69. The number of nitrogens with zero attached hydrogens (tertiary/aromatic N) is 1. The number of amides is 1. The van der Waals surface area contributed by atoms with Crippen LogP contribution in [0.5, 0.6) is 0 Å². The number of ether oxygens (including phenoxy) is 1. The minimum Gasteiger partial charge on any atom is -0.444 e. The van der Waals surface area contributed by atoms with E-state index in [4.69, 9.17) is 4.74 Å². The molecule has 0 atom stereocenters. The van der Waals surface area contributed by atoms with Crippen molar-refractivity contribution in [3.63, 3.8) is 0 Å². The molecular weight excluding hydrogens is 250 g/mol. The summed E-state index contributed by atoms with van der Waals surface area (Å²) in [6, 6.07) is 10.5. The summed E-state index contributed by atoms with van der Waals surface area (Å²) in [4.78, 5) is 13.7. The normalized spacial score (nSPS) is 18.2. The van der Waals surface area contributed by atoms with E-state index in [1.807, 2.05) is 46.0 Å². The summed E-state index contributed by atoms with van der Waals surface area (Å²) in [7, 11) is 1.82. The first kappa shape index (κ1) is 14.6. The lowest BCUT2D eigenvalue weighted by Gasteiger charge is -2.37. The lowest BCUT2D eigenvalue weighted by molar-refractivity contribution is 0.0189. The van der Waals surface area contributed by atoms with Gasteiger partial charge < -0.3 is 9.64 Å². The number of hydrogen-bond donors (Lipinski definition) is 0. The fourth-order valence-corrected chi connectivity index (χ4v) is 2.21. The van der Waals surface area contributed by atoms with Gasteiger partial charge in [0.1, 0.15) is 5.60 Å². The number of hydrogen-bond acceptors (Lipinski definition) is 2. The number of benzene rings is 1. The lowest BCUT2D eigenvalue weighted by Crippen LogP contribution is -2.44. The topological polar surface area (TPSA) is 29.5 Å². The molecule has 1 aliphatic carbocycles. The molecule has 0 bridgehead atoms. The zero-order valence-corrected chi connectivity index (χ0v) is 12.7. The van der Waals surface area contributed by atoms with E-state index in [0.29, 0.717) is 0 Å². The van der Waals surface area contributed by atoms with Crippen molar-refractivity contribution >= 4 is 12.2 Å². The minimum atomic E-state index is -0.433. The quantitative estimate of drug-likeness (QED) is 0.812. The maximum atomic E-state index is 11.9. The van der Waals surface area contributed by atoms with Gasteiger partial charge in [-0.2, -0.15) is 0 Å². The van der Waals surface area contributed by atoms with E-state index < -0.39 is 5.60 Å². The second kappa shape index (κ2) is 5.70. The van der Waals surface area contributed by atoms with Crippen LogP contribution in [0.4, 0.5) is 4.79 Å². The van der Waals surface area contributed by atoms with Gasteiger partial charge in [0, 0.05) is 13.1 Å². The standard InChI is InChI=1S/C17H23NO2/c1-17(2,3)20-16(19)18(4)15-11-14(12-15)10-13-8-6-5-7-9-13/h5-10,15H,11-12H2,1-4H3. The van der Waals surface area contributed by atoms with Gasteiger partial charge in [-0.05, 0) is 39.2 Å². The summed E-state index contributed by atoms with van der Waals surface area (Å²) in [5.41, 5.74) is 2.18. The van der Waals surface area contributed by atoms with Gasteiger partial charge >= 0.3 is 6.09 Å². The van der Waals surface area contributed by atoms with Gasteiger partial charge in [0.15, 0.2) is 0 Å². The highest BCUT2D eigenvalue weighted by atomic mass is 16.6. The third kappa shape index (κ3) is 3.86. The van der Waals surface area contributed by atoms with Crippen LogP contribution in [-0.2, 0) is 4.74 Å². The Labute approximate surface area is 121 Å². The van der Waals surface area contributed by atoms with Crippen molar-refractivity contribution in [3.8, 4) is 0 Å². The Hall–Kier alpha value is -1.77. The Kier molecular flexibility index (Phi) is 4.17. The molecule has 0 unspecified atom stereocenters. The Bertz CT molecular complexity index is 491. The summed E-state index contributed by atoms with van der Waals surface area (Å²) in [5, 5.41) is 0. The van der Waals surface area contributed by atoms with E-state index in [0.717, 1.165) is 12.8 Å². The summed E-state index contributed by atoms with van der Waals surface area (Å²) in [6.07, 6.45) is 3.84. The first-order valence-corrected chi connectivity index (χ1v) is 7.05. The van der Waals surface area contributed by atoms with E-state index in [-0.39, 0.29) is 12.1 Å². The zero-order valence-electron chi connectivity index (χ0n) is 12.7. The van der Waals surface area contributed by atoms with Crippen molar-refractivity contribution in [3.05, 3.63) is 41.5 Å². The summed E-state index contributed by atoms with van der Waals surface area (Å²) in [5.74, 6) is 0. The van der Waals surface area contributed by atoms with Gasteiger partial charge in [0.25, 0.3) is 0 Å². The highest BCUT2D eigenvalue weighted by Crippen LogP contribution is 2.32. The molecule has 1 aromatic rings. The molecule has 0 aliphatic heterocycles. The van der Waals surface area contributed by atoms with Crippen LogP contribution in [0.15, 0.2) is 35.9 Å². The fourth-order valence-electron chi connectivity index (χ4n) is 2.21. The summed E-state index contributed by atoms with van der Waals surface area (Å²) >= 11 is 0. The molecule has 0 N–H and O–H groups in total. The van der Waals surface area contributed by atoms with Crippen molar-refractivity contribution < 1.29 is 9.53 Å². The molecule has 1 aromatic carbocycles. The monoisotopic (exact) mass is 273 g/mol. The van der Waals surface area contributed by atoms with Crippen LogP contribution >= 0.6 is 0 Å². The molecule has 1 fully saturated rings. The Balaban J connectivity index is 1.87. The van der Waals surface area contributed by atoms with Gasteiger partial charge in [-0.25, -0.2) is 4.79 Å². The maximum Gasteiger partial charge on any atom is 0.410 e. The molecular formula is C17H23NO2. The molecule has 0 spiro atoms. The molecule has 1 amide bonds. The van der Waals surface area contributed by atoms with Crippen LogP contribution in [-0.4, -0.2) is 29.7 Å². The minimum absolute atomic E-state index is 0.235. The molecule has 0 aromatic heterocycles. The molecule has 0 radical (unpaired) electrons. The molecule has 0 saturated heterocycles. The molecule has 0 heterocycles. The molecule has 3 heteroatoms. The first-order chi connectivity index (χ1) is 9.35. The number of rotatable bonds is 2. The van der Waals surface area contributed by atoms with Crippen LogP contribution in [0.1, 0.15) is 39.2 Å². The molecule has 2 rings (SSSR count). The molecule has 3 nitrogen and oxygen atoms in total. The third-order valence-corrected chi connectivity index (χ3v) is 3.40.